The van der Waals surface area contributed by atoms with E-state index in [0.717, 1.165) is 18.5 Å². The number of anilines is 2. The molecule has 0 unspecified atom stereocenters. The first-order chi connectivity index (χ1) is 12.1. The minimum Gasteiger partial charge on any atom is -0.350 e. The summed E-state index contributed by atoms with van der Waals surface area (Å²) in [6.07, 6.45) is 7.69. The fourth-order valence-electron chi connectivity index (χ4n) is 2.94. The Hall–Kier alpha value is -2.47. The van der Waals surface area contributed by atoms with Gasteiger partial charge >= 0.3 is 0 Å². The van der Waals surface area contributed by atoms with Crippen LogP contribution in [0.1, 0.15) is 38.3 Å². The molecule has 1 saturated carbocycles. The van der Waals surface area contributed by atoms with Crippen molar-refractivity contribution in [3.8, 4) is 0 Å². The van der Waals surface area contributed by atoms with Gasteiger partial charge in [0.05, 0.1) is 11.4 Å². The van der Waals surface area contributed by atoms with E-state index in [4.69, 9.17) is 0 Å². The second-order valence-corrected chi connectivity index (χ2v) is 6.90. The first-order valence-corrected chi connectivity index (χ1v) is 9.31. The van der Waals surface area contributed by atoms with Crippen LogP contribution in [0.2, 0.25) is 0 Å². The molecule has 0 radical (unpaired) electrons. The van der Waals surface area contributed by atoms with Crippen molar-refractivity contribution in [2.45, 2.75) is 38.6 Å². The number of para-hydroxylation sites is 1. The maximum Gasteiger partial charge on any atom is 0.244 e. The number of rotatable bonds is 5. The second-order valence-electron chi connectivity index (χ2n) is 6.07. The summed E-state index contributed by atoms with van der Waals surface area (Å²) in [5.41, 5.74) is 1.45. The third-order valence-electron chi connectivity index (χ3n) is 4.14. The van der Waals surface area contributed by atoms with Crippen molar-refractivity contribution in [2.75, 3.05) is 4.90 Å². The molecule has 1 N–H and O–H groups in total. The molecule has 1 aromatic heterocycles. The number of thiazole rings is 1. The van der Waals surface area contributed by atoms with Gasteiger partial charge in [-0.3, -0.25) is 14.5 Å². The van der Waals surface area contributed by atoms with Gasteiger partial charge in [0.2, 0.25) is 11.8 Å². The van der Waals surface area contributed by atoms with E-state index in [9.17, 15) is 9.59 Å². The largest absolute Gasteiger partial charge is 0.350 e. The maximum absolute atomic E-state index is 12.0. The Bertz CT molecular complexity index is 764. The Morgan fingerprint density at radius 2 is 1.96 bits per heavy atom. The van der Waals surface area contributed by atoms with Gasteiger partial charge in [0.25, 0.3) is 0 Å². The van der Waals surface area contributed by atoms with Gasteiger partial charge in [-0.2, -0.15) is 0 Å². The average Bonchev–Trinajstić information content (AvgIpc) is 3.26. The van der Waals surface area contributed by atoms with Crippen molar-refractivity contribution >= 4 is 40.0 Å². The summed E-state index contributed by atoms with van der Waals surface area (Å²) in [5.74, 6) is -0.192. The van der Waals surface area contributed by atoms with Crippen molar-refractivity contribution < 1.29 is 9.59 Å². The van der Waals surface area contributed by atoms with Crippen LogP contribution in [0, 0.1) is 0 Å². The van der Waals surface area contributed by atoms with E-state index in [2.05, 4.69) is 10.3 Å². The lowest BCUT2D eigenvalue weighted by molar-refractivity contribution is -0.117. The molecule has 3 rings (SSSR count). The van der Waals surface area contributed by atoms with Gasteiger partial charge in [0.15, 0.2) is 5.13 Å². The predicted octanol–water partition coefficient (Wildman–Crippen LogP) is 3.90. The SMILES string of the molecule is CC(=O)N(c1ccccc1)c1nc(C=CC(=O)NC2CCCC2)cs1. The topological polar surface area (TPSA) is 62.3 Å². The van der Waals surface area contributed by atoms with Gasteiger partial charge in [0.1, 0.15) is 0 Å². The molecule has 2 aromatic rings. The summed E-state index contributed by atoms with van der Waals surface area (Å²) in [4.78, 5) is 30.0. The maximum atomic E-state index is 12.0. The molecule has 1 aromatic carbocycles. The van der Waals surface area contributed by atoms with Crippen molar-refractivity contribution in [3.05, 3.63) is 47.5 Å². The van der Waals surface area contributed by atoms with E-state index in [1.54, 1.807) is 11.0 Å². The minimum absolute atomic E-state index is 0.0899. The van der Waals surface area contributed by atoms with Gasteiger partial charge in [-0.1, -0.05) is 31.0 Å². The zero-order valence-corrected chi connectivity index (χ0v) is 15.0. The number of nitrogens with one attached hydrogen (secondary N) is 1. The van der Waals surface area contributed by atoms with Crippen LogP contribution >= 0.6 is 11.3 Å². The Kier molecular flexibility index (Phi) is 5.60. The molecule has 1 aliphatic rings. The van der Waals surface area contributed by atoms with E-state index in [-0.39, 0.29) is 11.8 Å². The van der Waals surface area contributed by atoms with Crippen molar-refractivity contribution in [1.82, 2.24) is 10.3 Å². The molecule has 1 aliphatic carbocycles. The number of amides is 2. The van der Waals surface area contributed by atoms with Crippen LogP contribution in [-0.2, 0) is 9.59 Å². The molecule has 25 heavy (non-hydrogen) atoms. The number of carbonyl (C=O) groups excluding carboxylic acids is 2. The van der Waals surface area contributed by atoms with Crippen molar-refractivity contribution in [3.63, 3.8) is 0 Å². The van der Waals surface area contributed by atoms with Gasteiger partial charge in [-0.05, 0) is 31.1 Å². The van der Waals surface area contributed by atoms with Crippen LogP contribution in [0.4, 0.5) is 10.8 Å². The lowest BCUT2D eigenvalue weighted by atomic mass is 10.2. The summed E-state index contributed by atoms with van der Waals surface area (Å²) in [6.45, 7) is 1.51. The quantitative estimate of drug-likeness (QED) is 0.828. The summed E-state index contributed by atoms with van der Waals surface area (Å²) < 4.78 is 0. The van der Waals surface area contributed by atoms with E-state index >= 15 is 0 Å². The standard InChI is InChI=1S/C19H21N3O2S/c1-14(23)22(17-9-3-2-4-10-17)19-21-16(13-25-19)11-12-18(24)20-15-7-5-6-8-15/h2-4,9-13,15H,5-8H2,1H3,(H,20,24). The lowest BCUT2D eigenvalue weighted by Gasteiger charge is -2.17. The summed E-state index contributed by atoms with van der Waals surface area (Å²) in [7, 11) is 0. The molecule has 0 atom stereocenters. The Morgan fingerprint density at radius 1 is 1.24 bits per heavy atom. The fraction of sp³-hybridized carbons (Fsp3) is 0.316. The second kappa shape index (κ2) is 8.07. The third-order valence-corrected chi connectivity index (χ3v) is 4.98. The number of carbonyl (C=O) groups is 2. The van der Waals surface area contributed by atoms with Crippen molar-refractivity contribution in [1.29, 1.82) is 0 Å². The van der Waals surface area contributed by atoms with Crippen LogP contribution in [0.25, 0.3) is 6.08 Å². The molecule has 6 heteroatoms. The third kappa shape index (κ3) is 4.54. The molecular weight excluding hydrogens is 334 g/mol. The molecule has 1 fully saturated rings. The van der Waals surface area contributed by atoms with E-state index in [1.165, 1.54) is 37.2 Å². The van der Waals surface area contributed by atoms with Crippen LogP contribution in [0.3, 0.4) is 0 Å². The van der Waals surface area contributed by atoms with Crippen LogP contribution in [0.5, 0.6) is 0 Å². The van der Waals surface area contributed by atoms with Crippen molar-refractivity contribution in [2.24, 2.45) is 0 Å². The lowest BCUT2D eigenvalue weighted by Crippen LogP contribution is -2.30. The number of aromatic nitrogens is 1. The predicted molar refractivity (Wildman–Crippen MR) is 101 cm³/mol. The minimum atomic E-state index is -0.102. The normalized spacial score (nSPS) is 14.8. The summed E-state index contributed by atoms with van der Waals surface area (Å²) >= 11 is 1.38. The first-order valence-electron chi connectivity index (χ1n) is 8.43. The van der Waals surface area contributed by atoms with Crippen LogP contribution in [-0.4, -0.2) is 22.8 Å². The molecule has 130 valence electrons. The molecule has 5 nitrogen and oxygen atoms in total. The molecule has 0 aliphatic heterocycles. The zero-order chi connectivity index (χ0) is 17.6. The Labute approximate surface area is 151 Å². The van der Waals surface area contributed by atoms with Crippen LogP contribution < -0.4 is 10.2 Å². The highest BCUT2D eigenvalue weighted by Crippen LogP contribution is 2.29. The molecule has 1 heterocycles. The Morgan fingerprint density at radius 3 is 2.64 bits per heavy atom. The van der Waals surface area contributed by atoms with E-state index in [1.807, 2.05) is 35.7 Å². The zero-order valence-electron chi connectivity index (χ0n) is 14.1. The molecule has 0 bridgehead atoms. The van der Waals surface area contributed by atoms with Gasteiger partial charge in [-0.15, -0.1) is 11.3 Å². The monoisotopic (exact) mass is 355 g/mol. The first kappa shape index (κ1) is 17.4. The highest BCUT2D eigenvalue weighted by atomic mass is 32.1. The van der Waals surface area contributed by atoms with Gasteiger partial charge < -0.3 is 5.32 Å². The van der Waals surface area contributed by atoms with Crippen LogP contribution in [0.15, 0.2) is 41.8 Å². The van der Waals surface area contributed by atoms with Gasteiger partial charge in [0, 0.05) is 24.4 Å². The van der Waals surface area contributed by atoms with E-state index in [0.29, 0.717) is 16.9 Å². The molecule has 2 amide bonds. The highest BCUT2D eigenvalue weighted by molar-refractivity contribution is 7.14. The molecule has 0 saturated heterocycles. The number of hydrogen-bond acceptors (Lipinski definition) is 4. The number of nitrogens with zero attached hydrogens (tertiary/aromatic N) is 2. The molecular formula is C19H21N3O2S. The van der Waals surface area contributed by atoms with Gasteiger partial charge in [-0.25, -0.2) is 4.98 Å². The molecule has 0 spiro atoms. The summed E-state index contributed by atoms with van der Waals surface area (Å²) in [6, 6.07) is 9.70. The van der Waals surface area contributed by atoms with E-state index < -0.39 is 0 Å². The highest BCUT2D eigenvalue weighted by Gasteiger charge is 2.18. The smallest absolute Gasteiger partial charge is 0.244 e. The average molecular weight is 355 g/mol. The number of benzene rings is 1. The Balaban J connectivity index is 1.69. The summed E-state index contributed by atoms with van der Waals surface area (Å²) in [5, 5.41) is 5.44. The number of hydrogen-bond donors (Lipinski definition) is 1. The fourth-order valence-corrected chi connectivity index (χ4v) is 3.79.